The van der Waals surface area contributed by atoms with Crippen molar-refractivity contribution in [1.82, 2.24) is 4.90 Å². The molecule has 6 nitrogen and oxygen atoms in total. The van der Waals surface area contributed by atoms with Gasteiger partial charge in [0.1, 0.15) is 6.61 Å². The topological polar surface area (TPSA) is 76.1 Å². The van der Waals surface area contributed by atoms with Crippen LogP contribution in [0, 0.1) is 0 Å². The standard InChI is InChI=1S/C17H21NO5/c19-16(20)9-8-12-5-3-4-10-18(12)17(21)15-11-22-13-6-1-2-7-14(13)23-15/h1-2,6-7,12,15H,3-5,8-11H2,(H,19,20)/t12-,15+/m1/s1. The van der Waals surface area contributed by atoms with Crippen LogP contribution in [-0.2, 0) is 9.59 Å². The molecule has 23 heavy (non-hydrogen) atoms. The van der Waals surface area contributed by atoms with Gasteiger partial charge in [-0.25, -0.2) is 0 Å². The van der Waals surface area contributed by atoms with Gasteiger partial charge in [0.25, 0.3) is 5.91 Å². The highest BCUT2D eigenvalue weighted by Gasteiger charge is 2.35. The molecule has 2 aliphatic heterocycles. The molecule has 2 aliphatic rings. The molecule has 1 saturated heterocycles. The Hall–Kier alpha value is -2.24. The smallest absolute Gasteiger partial charge is 0.303 e. The van der Waals surface area contributed by atoms with Crippen molar-refractivity contribution in [1.29, 1.82) is 0 Å². The third-order valence-electron chi connectivity index (χ3n) is 4.39. The lowest BCUT2D eigenvalue weighted by Gasteiger charge is -2.38. The van der Waals surface area contributed by atoms with E-state index >= 15 is 0 Å². The molecular formula is C17H21NO5. The van der Waals surface area contributed by atoms with Crippen molar-refractivity contribution >= 4 is 11.9 Å². The summed E-state index contributed by atoms with van der Waals surface area (Å²) >= 11 is 0. The fourth-order valence-electron chi connectivity index (χ4n) is 3.21. The van der Waals surface area contributed by atoms with Crippen molar-refractivity contribution in [3.05, 3.63) is 24.3 Å². The number of ether oxygens (including phenoxy) is 2. The molecule has 0 bridgehead atoms. The number of benzene rings is 1. The number of hydrogen-bond acceptors (Lipinski definition) is 4. The van der Waals surface area contributed by atoms with E-state index in [4.69, 9.17) is 14.6 Å². The van der Waals surface area contributed by atoms with Crippen molar-refractivity contribution in [3.63, 3.8) is 0 Å². The molecule has 6 heteroatoms. The number of carboxylic acid groups (broad SMARTS) is 1. The van der Waals surface area contributed by atoms with Gasteiger partial charge < -0.3 is 19.5 Å². The van der Waals surface area contributed by atoms with Gasteiger partial charge in [0.2, 0.25) is 6.10 Å². The predicted molar refractivity (Wildman–Crippen MR) is 82.6 cm³/mol. The Bertz CT molecular complexity index is 588. The van der Waals surface area contributed by atoms with E-state index in [0.29, 0.717) is 24.5 Å². The first kappa shape index (κ1) is 15.6. The summed E-state index contributed by atoms with van der Waals surface area (Å²) in [6.07, 6.45) is 2.74. The summed E-state index contributed by atoms with van der Waals surface area (Å²) in [5, 5.41) is 8.88. The van der Waals surface area contributed by atoms with Crippen LogP contribution in [0.25, 0.3) is 0 Å². The van der Waals surface area contributed by atoms with E-state index in [2.05, 4.69) is 0 Å². The minimum atomic E-state index is -0.825. The van der Waals surface area contributed by atoms with E-state index in [1.54, 1.807) is 11.0 Å². The summed E-state index contributed by atoms with van der Waals surface area (Å²) < 4.78 is 11.4. The van der Waals surface area contributed by atoms with Crippen LogP contribution in [0.4, 0.5) is 0 Å². The monoisotopic (exact) mass is 319 g/mol. The van der Waals surface area contributed by atoms with Crippen LogP contribution >= 0.6 is 0 Å². The summed E-state index contributed by atoms with van der Waals surface area (Å²) in [5.74, 6) is 0.303. The zero-order chi connectivity index (χ0) is 16.2. The Labute approximate surface area is 135 Å². The summed E-state index contributed by atoms with van der Waals surface area (Å²) in [4.78, 5) is 25.4. The van der Waals surface area contributed by atoms with Gasteiger partial charge in [0.15, 0.2) is 11.5 Å². The van der Waals surface area contributed by atoms with Crippen LogP contribution in [0.2, 0.25) is 0 Å². The van der Waals surface area contributed by atoms with E-state index in [1.807, 2.05) is 18.2 Å². The number of fused-ring (bicyclic) bond motifs is 1. The third-order valence-corrected chi connectivity index (χ3v) is 4.39. The van der Waals surface area contributed by atoms with Crippen molar-refractivity contribution in [2.75, 3.05) is 13.2 Å². The van der Waals surface area contributed by atoms with Crippen LogP contribution in [0.3, 0.4) is 0 Å². The number of carboxylic acids is 1. The Morgan fingerprint density at radius 2 is 2.00 bits per heavy atom. The molecule has 1 N–H and O–H groups in total. The Balaban J connectivity index is 1.67. The first-order chi connectivity index (χ1) is 11.1. The van der Waals surface area contributed by atoms with Gasteiger partial charge in [-0.3, -0.25) is 9.59 Å². The summed E-state index contributed by atoms with van der Waals surface area (Å²) in [6, 6.07) is 7.27. The zero-order valence-corrected chi connectivity index (χ0v) is 12.9. The number of rotatable bonds is 4. The molecular weight excluding hydrogens is 298 g/mol. The molecule has 2 heterocycles. The average Bonchev–Trinajstić information content (AvgIpc) is 2.59. The van der Waals surface area contributed by atoms with Crippen molar-refractivity contribution < 1.29 is 24.2 Å². The van der Waals surface area contributed by atoms with Gasteiger partial charge in [-0.1, -0.05) is 12.1 Å². The van der Waals surface area contributed by atoms with E-state index in [0.717, 1.165) is 19.3 Å². The third kappa shape index (κ3) is 3.57. The maximum atomic E-state index is 12.8. The minimum absolute atomic E-state index is 0.0203. The normalized spacial score (nSPS) is 23.4. The summed E-state index contributed by atoms with van der Waals surface area (Å²) in [7, 11) is 0. The maximum Gasteiger partial charge on any atom is 0.303 e. The van der Waals surface area contributed by atoms with Crippen molar-refractivity contribution in [3.8, 4) is 11.5 Å². The quantitative estimate of drug-likeness (QED) is 0.919. The fourth-order valence-corrected chi connectivity index (χ4v) is 3.21. The van der Waals surface area contributed by atoms with Gasteiger partial charge in [0, 0.05) is 19.0 Å². The average molecular weight is 319 g/mol. The van der Waals surface area contributed by atoms with E-state index in [9.17, 15) is 9.59 Å². The molecule has 0 spiro atoms. The SMILES string of the molecule is O=C(O)CC[C@H]1CCCCN1C(=O)[C@@H]1COc2ccccc2O1. The van der Waals surface area contributed by atoms with Crippen LogP contribution in [0.1, 0.15) is 32.1 Å². The number of amides is 1. The molecule has 2 atom stereocenters. The van der Waals surface area contributed by atoms with E-state index in [1.165, 1.54) is 0 Å². The predicted octanol–water partition coefficient (Wildman–Crippen LogP) is 2.07. The Morgan fingerprint density at radius 1 is 1.22 bits per heavy atom. The first-order valence-electron chi connectivity index (χ1n) is 8.06. The number of nitrogens with zero attached hydrogens (tertiary/aromatic N) is 1. The molecule has 0 aliphatic carbocycles. The molecule has 0 saturated carbocycles. The molecule has 1 fully saturated rings. The second-order valence-corrected chi connectivity index (χ2v) is 5.98. The van der Waals surface area contributed by atoms with Crippen molar-refractivity contribution in [2.24, 2.45) is 0 Å². The molecule has 0 radical (unpaired) electrons. The number of likely N-dealkylation sites (tertiary alicyclic amines) is 1. The number of piperidine rings is 1. The lowest BCUT2D eigenvalue weighted by molar-refractivity contribution is -0.146. The maximum absolute atomic E-state index is 12.8. The second-order valence-electron chi connectivity index (χ2n) is 5.98. The first-order valence-corrected chi connectivity index (χ1v) is 8.06. The number of para-hydroxylation sites is 2. The largest absolute Gasteiger partial charge is 0.485 e. The van der Waals surface area contributed by atoms with E-state index in [-0.39, 0.29) is 25.0 Å². The number of aliphatic carboxylic acids is 1. The van der Waals surface area contributed by atoms with Gasteiger partial charge >= 0.3 is 5.97 Å². The zero-order valence-electron chi connectivity index (χ0n) is 12.9. The summed E-state index contributed by atoms with van der Waals surface area (Å²) in [6.45, 7) is 0.850. The van der Waals surface area contributed by atoms with Crippen LogP contribution in [0.5, 0.6) is 11.5 Å². The number of hydrogen-bond donors (Lipinski definition) is 1. The minimum Gasteiger partial charge on any atom is -0.485 e. The lowest BCUT2D eigenvalue weighted by atomic mass is 9.97. The molecule has 1 amide bonds. The number of carbonyl (C=O) groups excluding carboxylic acids is 1. The van der Waals surface area contributed by atoms with Crippen LogP contribution < -0.4 is 9.47 Å². The van der Waals surface area contributed by atoms with Crippen LogP contribution in [-0.4, -0.2) is 47.2 Å². The van der Waals surface area contributed by atoms with Crippen LogP contribution in [0.15, 0.2) is 24.3 Å². The molecule has 0 aromatic heterocycles. The molecule has 1 aromatic rings. The van der Waals surface area contributed by atoms with E-state index < -0.39 is 12.1 Å². The Kier molecular flexibility index (Phi) is 4.69. The molecule has 124 valence electrons. The van der Waals surface area contributed by atoms with Gasteiger partial charge in [-0.2, -0.15) is 0 Å². The van der Waals surface area contributed by atoms with Gasteiger partial charge in [-0.05, 0) is 37.8 Å². The van der Waals surface area contributed by atoms with Gasteiger partial charge in [-0.15, -0.1) is 0 Å². The number of carbonyl (C=O) groups is 2. The highest BCUT2D eigenvalue weighted by Crippen LogP contribution is 2.32. The molecule has 1 aromatic carbocycles. The highest BCUT2D eigenvalue weighted by atomic mass is 16.6. The second kappa shape index (κ2) is 6.89. The Morgan fingerprint density at radius 3 is 2.78 bits per heavy atom. The summed E-state index contributed by atoms with van der Waals surface area (Å²) in [5.41, 5.74) is 0. The fraction of sp³-hybridized carbons (Fsp3) is 0.529. The molecule has 3 rings (SSSR count). The van der Waals surface area contributed by atoms with Crippen molar-refractivity contribution in [2.45, 2.75) is 44.2 Å². The molecule has 0 unspecified atom stereocenters. The lowest BCUT2D eigenvalue weighted by Crippen LogP contribution is -2.52. The highest BCUT2D eigenvalue weighted by molar-refractivity contribution is 5.82. The van der Waals surface area contributed by atoms with Gasteiger partial charge in [0.05, 0.1) is 0 Å².